The van der Waals surface area contributed by atoms with Crippen molar-refractivity contribution in [2.24, 2.45) is 0 Å². The van der Waals surface area contributed by atoms with Crippen molar-refractivity contribution in [2.45, 2.75) is 4.90 Å². The van der Waals surface area contributed by atoms with Gasteiger partial charge in [-0.25, -0.2) is 8.42 Å². The normalized spacial score (nSPS) is 12.0. The van der Waals surface area contributed by atoms with Gasteiger partial charge in [-0.1, -0.05) is 12.1 Å². The van der Waals surface area contributed by atoms with Crippen LogP contribution in [-0.2, 0) is 14.8 Å². The van der Waals surface area contributed by atoms with E-state index in [0.717, 1.165) is 10.4 Å². The lowest BCUT2D eigenvalue weighted by Gasteiger charge is -2.18. The number of likely N-dealkylation sites (N-methyl/N-ethyl adjacent to an activating group) is 1. The Bertz CT molecular complexity index is 638. The summed E-state index contributed by atoms with van der Waals surface area (Å²) in [4.78, 5) is 10.3. The summed E-state index contributed by atoms with van der Waals surface area (Å²) in [6.45, 7) is -0.382. The number of carbonyl (C=O) groups excluding carboxylic acids is 1. The van der Waals surface area contributed by atoms with Gasteiger partial charge in [-0.15, -0.1) is 0 Å². The number of carboxylic acids is 1. The largest absolute Gasteiger partial charge is 0.545 e. The zero-order chi connectivity index (χ0) is 16.0. The van der Waals surface area contributed by atoms with Gasteiger partial charge in [-0.05, 0) is 23.8 Å². The van der Waals surface area contributed by atoms with Crippen LogP contribution in [0.15, 0.2) is 29.2 Å². The topological polar surface area (TPSA) is 107 Å². The molecular formula is C13H16NO6S-. The van der Waals surface area contributed by atoms with Gasteiger partial charge in [0.1, 0.15) is 10.6 Å². The number of hydrogen-bond acceptors (Lipinski definition) is 6. The fourth-order valence-corrected chi connectivity index (χ4v) is 2.94. The van der Waals surface area contributed by atoms with E-state index in [2.05, 4.69) is 0 Å². The zero-order valence-corrected chi connectivity index (χ0v) is 12.5. The van der Waals surface area contributed by atoms with Gasteiger partial charge in [-0.3, -0.25) is 0 Å². The molecule has 7 nitrogen and oxygen atoms in total. The van der Waals surface area contributed by atoms with Crippen molar-refractivity contribution in [1.82, 2.24) is 4.31 Å². The van der Waals surface area contributed by atoms with Crippen LogP contribution in [-0.4, -0.2) is 51.1 Å². The summed E-state index contributed by atoms with van der Waals surface area (Å²) in [6.07, 6.45) is 2.02. The molecule has 0 saturated heterocycles. The number of sulfonamides is 1. The molecule has 0 saturated carbocycles. The summed E-state index contributed by atoms with van der Waals surface area (Å²) in [5.41, 5.74) is 0.371. The molecule has 0 fully saturated rings. The first-order valence-corrected chi connectivity index (χ1v) is 7.41. The van der Waals surface area contributed by atoms with E-state index < -0.39 is 16.0 Å². The number of carbonyl (C=O) groups is 1. The fraction of sp³-hybridized carbons (Fsp3) is 0.308. The lowest BCUT2D eigenvalue weighted by molar-refractivity contribution is -0.297. The van der Waals surface area contributed by atoms with Gasteiger partial charge < -0.3 is 19.7 Å². The molecule has 0 unspecified atom stereocenters. The Balaban J connectivity index is 3.32. The van der Waals surface area contributed by atoms with Crippen molar-refractivity contribution in [3.8, 4) is 5.75 Å². The minimum Gasteiger partial charge on any atom is -0.545 e. The Morgan fingerprint density at radius 2 is 2.14 bits per heavy atom. The second-order valence-electron chi connectivity index (χ2n) is 4.11. The quantitative estimate of drug-likeness (QED) is 0.652. The van der Waals surface area contributed by atoms with Gasteiger partial charge in [0.2, 0.25) is 10.0 Å². The highest BCUT2D eigenvalue weighted by atomic mass is 32.2. The zero-order valence-electron chi connectivity index (χ0n) is 11.6. The fourth-order valence-electron chi connectivity index (χ4n) is 1.59. The molecule has 21 heavy (non-hydrogen) atoms. The molecule has 0 aromatic heterocycles. The van der Waals surface area contributed by atoms with Crippen molar-refractivity contribution >= 4 is 22.1 Å². The maximum Gasteiger partial charge on any atom is 0.246 e. The average molecular weight is 314 g/mol. The minimum atomic E-state index is -3.85. The summed E-state index contributed by atoms with van der Waals surface area (Å²) in [7, 11) is -1.20. The van der Waals surface area contributed by atoms with E-state index in [-0.39, 0.29) is 23.8 Å². The van der Waals surface area contributed by atoms with Gasteiger partial charge in [0.25, 0.3) is 0 Å². The number of benzene rings is 1. The molecule has 1 aromatic rings. The number of aliphatic hydroxyl groups is 1. The van der Waals surface area contributed by atoms with Crippen LogP contribution in [0.3, 0.4) is 0 Å². The highest BCUT2D eigenvalue weighted by Crippen LogP contribution is 2.27. The SMILES string of the molecule is COc1ccc(C=CC(=O)[O-])cc1S(=O)(=O)N(C)CCO. The molecule has 0 aliphatic heterocycles. The molecule has 8 heteroatoms. The molecule has 1 aromatic carbocycles. The molecule has 1 N–H and O–H groups in total. The molecule has 0 aliphatic carbocycles. The molecule has 1 rings (SSSR count). The lowest BCUT2D eigenvalue weighted by atomic mass is 10.2. The van der Waals surface area contributed by atoms with Crippen molar-refractivity contribution in [2.75, 3.05) is 27.3 Å². The first-order valence-electron chi connectivity index (χ1n) is 5.97. The third-order valence-corrected chi connectivity index (χ3v) is 4.58. The van der Waals surface area contributed by atoms with E-state index in [1.165, 1.54) is 38.4 Å². The van der Waals surface area contributed by atoms with Crippen molar-refractivity contribution in [3.05, 3.63) is 29.8 Å². The molecular weight excluding hydrogens is 298 g/mol. The van der Waals surface area contributed by atoms with Crippen LogP contribution in [0.25, 0.3) is 6.08 Å². The van der Waals surface area contributed by atoms with Crippen LogP contribution in [0.4, 0.5) is 0 Å². The first kappa shape index (κ1) is 17.2. The number of methoxy groups -OCH3 is 1. The average Bonchev–Trinajstić information content (AvgIpc) is 2.44. The Kier molecular flexibility index (Phi) is 5.89. The van der Waals surface area contributed by atoms with Gasteiger partial charge >= 0.3 is 0 Å². The third-order valence-electron chi connectivity index (χ3n) is 2.70. The predicted molar refractivity (Wildman–Crippen MR) is 73.9 cm³/mol. The molecule has 0 amide bonds. The number of aliphatic carboxylic acids is 1. The number of ether oxygens (including phenoxy) is 1. The summed E-state index contributed by atoms with van der Waals surface area (Å²) >= 11 is 0. The standard InChI is InChI=1S/C13H17NO6S/c1-14(7-8-15)21(18,19)12-9-10(4-6-13(16)17)3-5-11(12)20-2/h3-6,9,15H,7-8H2,1-2H3,(H,16,17)/p-1. The second-order valence-corrected chi connectivity index (χ2v) is 6.13. The molecule has 0 aliphatic rings. The predicted octanol–water partition coefficient (Wildman–Crippen LogP) is -0.929. The van der Waals surface area contributed by atoms with E-state index in [4.69, 9.17) is 9.84 Å². The van der Waals surface area contributed by atoms with E-state index >= 15 is 0 Å². The lowest BCUT2D eigenvalue weighted by Crippen LogP contribution is -2.30. The van der Waals surface area contributed by atoms with Gasteiger partial charge in [-0.2, -0.15) is 4.31 Å². The smallest absolute Gasteiger partial charge is 0.246 e. The molecule has 0 heterocycles. The van der Waals surface area contributed by atoms with Crippen LogP contribution in [0.1, 0.15) is 5.56 Å². The highest BCUT2D eigenvalue weighted by Gasteiger charge is 2.24. The number of carboxylic acid groups (broad SMARTS) is 1. The molecule has 0 atom stereocenters. The maximum atomic E-state index is 12.4. The second kappa shape index (κ2) is 7.21. The molecule has 0 spiro atoms. The van der Waals surface area contributed by atoms with Crippen LogP contribution < -0.4 is 9.84 Å². The van der Waals surface area contributed by atoms with Gasteiger partial charge in [0, 0.05) is 13.6 Å². The Labute approximate surface area is 123 Å². The molecule has 0 radical (unpaired) electrons. The van der Waals surface area contributed by atoms with Crippen molar-refractivity contribution in [3.63, 3.8) is 0 Å². The van der Waals surface area contributed by atoms with Crippen LogP contribution in [0, 0.1) is 0 Å². The Morgan fingerprint density at radius 1 is 1.48 bits per heavy atom. The van der Waals surface area contributed by atoms with E-state index in [1.807, 2.05) is 0 Å². The Morgan fingerprint density at radius 3 is 2.67 bits per heavy atom. The number of rotatable bonds is 7. The summed E-state index contributed by atoms with van der Waals surface area (Å²) in [6, 6.07) is 4.24. The van der Waals surface area contributed by atoms with Gasteiger partial charge in [0.15, 0.2) is 0 Å². The van der Waals surface area contributed by atoms with E-state index in [0.29, 0.717) is 5.56 Å². The molecule has 116 valence electrons. The van der Waals surface area contributed by atoms with E-state index in [1.54, 1.807) is 0 Å². The highest BCUT2D eigenvalue weighted by molar-refractivity contribution is 7.89. The summed E-state index contributed by atoms with van der Waals surface area (Å²) in [5, 5.41) is 19.2. The van der Waals surface area contributed by atoms with Crippen molar-refractivity contribution < 1.29 is 28.2 Å². The van der Waals surface area contributed by atoms with Crippen LogP contribution in [0.5, 0.6) is 5.75 Å². The third kappa shape index (κ3) is 4.28. The van der Waals surface area contributed by atoms with Crippen LogP contribution in [0.2, 0.25) is 0 Å². The summed E-state index contributed by atoms with van der Waals surface area (Å²) in [5.74, 6) is -1.25. The van der Waals surface area contributed by atoms with Crippen molar-refractivity contribution in [1.29, 1.82) is 0 Å². The van der Waals surface area contributed by atoms with Gasteiger partial charge in [0.05, 0.1) is 19.7 Å². The summed E-state index contributed by atoms with van der Waals surface area (Å²) < 4.78 is 30.8. The monoisotopic (exact) mass is 314 g/mol. The maximum absolute atomic E-state index is 12.4. The van der Waals surface area contributed by atoms with E-state index in [9.17, 15) is 18.3 Å². The minimum absolute atomic E-state index is 0.0649. The molecule has 0 bridgehead atoms. The number of aliphatic hydroxyl groups excluding tert-OH is 1. The number of nitrogens with zero attached hydrogens (tertiary/aromatic N) is 1. The Hall–Kier alpha value is -1.90. The first-order chi connectivity index (χ1) is 9.82. The number of hydrogen-bond donors (Lipinski definition) is 1. The van der Waals surface area contributed by atoms with Crippen LogP contribution >= 0.6 is 0 Å².